The summed E-state index contributed by atoms with van der Waals surface area (Å²) in [6, 6.07) is 9.98. The minimum absolute atomic E-state index is 0.250. The molecule has 1 heterocycles. The van der Waals surface area contributed by atoms with Gasteiger partial charge in [-0.15, -0.1) is 6.58 Å². The number of hydrogen-bond acceptors (Lipinski definition) is 4. The maximum atomic E-state index is 5.86. The summed E-state index contributed by atoms with van der Waals surface area (Å²) in [5, 5.41) is 3.93. The molecule has 0 aliphatic carbocycles. The highest BCUT2D eigenvalue weighted by atomic mass is 16.5. The van der Waals surface area contributed by atoms with E-state index in [0.717, 1.165) is 12.8 Å². The molecule has 0 bridgehead atoms. The number of benzene rings is 1. The number of aromatic nitrogens is 2. The van der Waals surface area contributed by atoms with E-state index >= 15 is 0 Å². The van der Waals surface area contributed by atoms with Gasteiger partial charge in [-0.25, -0.2) is 0 Å². The zero-order chi connectivity index (χ0) is 12.8. The predicted molar refractivity (Wildman–Crippen MR) is 69.9 cm³/mol. The first-order chi connectivity index (χ1) is 8.79. The SMILES string of the molecule is C=CCC(N)c1nc(CCc2ccccc2)no1. The predicted octanol–water partition coefficient (Wildman–Crippen LogP) is 2.43. The van der Waals surface area contributed by atoms with Gasteiger partial charge in [0, 0.05) is 6.42 Å². The minimum Gasteiger partial charge on any atom is -0.338 e. The molecule has 4 heteroatoms. The molecule has 1 atom stereocenters. The number of rotatable bonds is 6. The maximum absolute atomic E-state index is 5.86. The molecule has 2 N–H and O–H groups in total. The fraction of sp³-hybridized carbons (Fsp3) is 0.286. The van der Waals surface area contributed by atoms with Crippen LogP contribution in [0.1, 0.15) is 29.7 Å². The second-order valence-corrected chi connectivity index (χ2v) is 4.17. The van der Waals surface area contributed by atoms with Crippen LogP contribution < -0.4 is 5.73 Å². The van der Waals surface area contributed by atoms with Gasteiger partial charge >= 0.3 is 0 Å². The number of nitrogens with zero attached hydrogens (tertiary/aromatic N) is 2. The molecule has 0 fully saturated rings. The molecule has 0 amide bonds. The molecule has 0 aliphatic heterocycles. The molecule has 1 unspecified atom stereocenters. The van der Waals surface area contributed by atoms with Gasteiger partial charge in [-0.05, 0) is 18.4 Å². The van der Waals surface area contributed by atoms with Crippen molar-refractivity contribution in [1.82, 2.24) is 10.1 Å². The Kier molecular flexibility index (Phi) is 4.25. The van der Waals surface area contributed by atoms with Crippen LogP contribution in [0.4, 0.5) is 0 Å². The van der Waals surface area contributed by atoms with Crippen LogP contribution in [0.25, 0.3) is 0 Å². The van der Waals surface area contributed by atoms with E-state index in [0.29, 0.717) is 18.1 Å². The van der Waals surface area contributed by atoms with E-state index in [-0.39, 0.29) is 6.04 Å². The molecule has 94 valence electrons. The summed E-state index contributed by atoms with van der Waals surface area (Å²) < 4.78 is 5.13. The van der Waals surface area contributed by atoms with Gasteiger partial charge in [-0.2, -0.15) is 4.98 Å². The zero-order valence-electron chi connectivity index (χ0n) is 10.2. The lowest BCUT2D eigenvalue weighted by Crippen LogP contribution is -2.09. The quantitative estimate of drug-likeness (QED) is 0.791. The molecule has 4 nitrogen and oxygen atoms in total. The van der Waals surface area contributed by atoms with Crippen molar-refractivity contribution in [2.45, 2.75) is 25.3 Å². The number of nitrogens with two attached hydrogens (primary N) is 1. The lowest BCUT2D eigenvalue weighted by molar-refractivity contribution is 0.351. The normalized spacial score (nSPS) is 12.3. The first kappa shape index (κ1) is 12.5. The Morgan fingerprint density at radius 2 is 2.06 bits per heavy atom. The van der Waals surface area contributed by atoms with E-state index in [1.54, 1.807) is 6.08 Å². The molecule has 0 radical (unpaired) electrons. The first-order valence-electron chi connectivity index (χ1n) is 6.02. The average molecular weight is 243 g/mol. The molecule has 2 aromatic rings. The average Bonchev–Trinajstić information content (AvgIpc) is 2.87. The fourth-order valence-electron chi connectivity index (χ4n) is 1.70. The highest BCUT2D eigenvalue weighted by Gasteiger charge is 2.13. The summed E-state index contributed by atoms with van der Waals surface area (Å²) in [7, 11) is 0. The minimum atomic E-state index is -0.250. The summed E-state index contributed by atoms with van der Waals surface area (Å²) in [5.74, 6) is 1.19. The smallest absolute Gasteiger partial charge is 0.243 e. The summed E-state index contributed by atoms with van der Waals surface area (Å²) in [4.78, 5) is 4.29. The highest BCUT2D eigenvalue weighted by Crippen LogP contribution is 2.12. The third-order valence-electron chi connectivity index (χ3n) is 2.70. The number of aryl methyl sites for hydroxylation is 2. The van der Waals surface area contributed by atoms with Crippen molar-refractivity contribution >= 4 is 0 Å². The summed E-state index contributed by atoms with van der Waals surface area (Å²) in [5.41, 5.74) is 7.12. The Morgan fingerprint density at radius 1 is 1.28 bits per heavy atom. The van der Waals surface area contributed by atoms with Crippen molar-refractivity contribution in [3.05, 3.63) is 60.3 Å². The molecule has 2 rings (SSSR count). The molecule has 0 saturated heterocycles. The molecule has 1 aromatic carbocycles. The van der Waals surface area contributed by atoms with E-state index in [2.05, 4.69) is 28.9 Å². The lowest BCUT2D eigenvalue weighted by atomic mass is 10.1. The van der Waals surface area contributed by atoms with Crippen LogP contribution in [0, 0.1) is 0 Å². The van der Waals surface area contributed by atoms with E-state index < -0.39 is 0 Å². The topological polar surface area (TPSA) is 64.9 Å². The largest absolute Gasteiger partial charge is 0.338 e. The van der Waals surface area contributed by atoms with Crippen LogP contribution in [0.2, 0.25) is 0 Å². The third-order valence-corrected chi connectivity index (χ3v) is 2.70. The molecular weight excluding hydrogens is 226 g/mol. The van der Waals surface area contributed by atoms with Gasteiger partial charge in [0.1, 0.15) is 0 Å². The van der Waals surface area contributed by atoms with Gasteiger partial charge < -0.3 is 10.3 Å². The van der Waals surface area contributed by atoms with Crippen molar-refractivity contribution in [2.24, 2.45) is 5.73 Å². The van der Waals surface area contributed by atoms with Gasteiger partial charge in [0.2, 0.25) is 5.89 Å². The Morgan fingerprint density at radius 3 is 2.78 bits per heavy atom. The van der Waals surface area contributed by atoms with Crippen molar-refractivity contribution in [3.8, 4) is 0 Å². The first-order valence-corrected chi connectivity index (χ1v) is 6.02. The molecular formula is C14H17N3O. The molecule has 0 saturated carbocycles. The van der Waals surface area contributed by atoms with Gasteiger partial charge in [0.15, 0.2) is 5.82 Å². The summed E-state index contributed by atoms with van der Waals surface area (Å²) in [6.07, 6.45) is 4.05. The van der Waals surface area contributed by atoms with E-state index in [1.807, 2.05) is 18.2 Å². The van der Waals surface area contributed by atoms with Crippen LogP contribution in [-0.4, -0.2) is 10.1 Å². The molecule has 0 aliphatic rings. The van der Waals surface area contributed by atoms with Crippen LogP contribution in [0.3, 0.4) is 0 Å². The van der Waals surface area contributed by atoms with E-state index in [1.165, 1.54) is 5.56 Å². The van der Waals surface area contributed by atoms with E-state index in [4.69, 9.17) is 10.3 Å². The monoisotopic (exact) mass is 243 g/mol. The van der Waals surface area contributed by atoms with Crippen molar-refractivity contribution in [1.29, 1.82) is 0 Å². The van der Waals surface area contributed by atoms with E-state index in [9.17, 15) is 0 Å². The maximum Gasteiger partial charge on any atom is 0.243 e. The Bertz CT molecular complexity index is 493. The Balaban J connectivity index is 1.93. The van der Waals surface area contributed by atoms with Gasteiger partial charge in [-0.3, -0.25) is 0 Å². The third kappa shape index (κ3) is 3.28. The van der Waals surface area contributed by atoms with Crippen LogP contribution in [0.15, 0.2) is 47.5 Å². The van der Waals surface area contributed by atoms with Gasteiger partial charge in [0.25, 0.3) is 0 Å². The fourth-order valence-corrected chi connectivity index (χ4v) is 1.70. The molecule has 1 aromatic heterocycles. The van der Waals surface area contributed by atoms with Crippen LogP contribution in [-0.2, 0) is 12.8 Å². The molecule has 0 spiro atoms. The second-order valence-electron chi connectivity index (χ2n) is 4.17. The number of hydrogen-bond donors (Lipinski definition) is 1. The van der Waals surface area contributed by atoms with Crippen molar-refractivity contribution in [3.63, 3.8) is 0 Å². The summed E-state index contributed by atoms with van der Waals surface area (Å²) in [6.45, 7) is 3.64. The van der Waals surface area contributed by atoms with Gasteiger partial charge in [0.05, 0.1) is 6.04 Å². The lowest BCUT2D eigenvalue weighted by Gasteiger charge is -2.00. The van der Waals surface area contributed by atoms with Crippen molar-refractivity contribution < 1.29 is 4.52 Å². The zero-order valence-corrected chi connectivity index (χ0v) is 10.2. The molecule has 18 heavy (non-hydrogen) atoms. The highest BCUT2D eigenvalue weighted by molar-refractivity contribution is 5.15. The summed E-state index contributed by atoms with van der Waals surface area (Å²) >= 11 is 0. The van der Waals surface area contributed by atoms with Crippen LogP contribution in [0.5, 0.6) is 0 Å². The standard InChI is InChI=1S/C14H17N3O/c1-2-6-12(15)14-16-13(17-18-14)10-9-11-7-4-3-5-8-11/h2-5,7-8,12H,1,6,9-10,15H2. The van der Waals surface area contributed by atoms with Crippen molar-refractivity contribution in [2.75, 3.05) is 0 Å². The Labute approximate surface area is 107 Å². The van der Waals surface area contributed by atoms with Crippen LogP contribution >= 0.6 is 0 Å². The second kappa shape index (κ2) is 6.12. The Hall–Kier alpha value is -1.94. The van der Waals surface area contributed by atoms with Gasteiger partial charge in [-0.1, -0.05) is 41.6 Å².